The first kappa shape index (κ1) is 7.66. The quantitative estimate of drug-likeness (QED) is 0.559. The summed E-state index contributed by atoms with van der Waals surface area (Å²) in [6, 6.07) is 5.51. The molecule has 0 aliphatic rings. The highest BCUT2D eigenvalue weighted by Crippen LogP contribution is 2.02. The Morgan fingerprint density at radius 2 is 2.31 bits per heavy atom. The average molecular weight is 181 g/mol. The van der Waals surface area contributed by atoms with Crippen LogP contribution in [0, 0.1) is 5.82 Å². The predicted molar refractivity (Wildman–Crippen MR) is 35.2 cm³/mol. The van der Waals surface area contributed by atoms with Gasteiger partial charge in [-0.3, -0.25) is 0 Å². The van der Waals surface area contributed by atoms with Crippen LogP contribution >= 0.6 is 0 Å². The van der Waals surface area contributed by atoms with Gasteiger partial charge >= 0.3 is 0 Å². The summed E-state index contributed by atoms with van der Waals surface area (Å²) in [5.74, 6) is -0.428. The second kappa shape index (κ2) is 2.81. The van der Waals surface area contributed by atoms with Gasteiger partial charge in [0.05, 0.1) is 16.0 Å². The lowest BCUT2D eigenvalue weighted by Gasteiger charge is -1.85. The summed E-state index contributed by atoms with van der Waals surface area (Å²) < 4.78 is 16.9. The van der Waals surface area contributed by atoms with E-state index in [4.69, 9.17) is 0 Å². The molecule has 2 aromatic rings. The largest absolute Gasteiger partial charge is 0.523 e. The fourth-order valence-corrected chi connectivity index (χ4v) is 0.893. The maximum absolute atomic E-state index is 12.7. The third kappa shape index (κ3) is 1.46. The molecule has 0 fully saturated rings. The Morgan fingerprint density at radius 1 is 1.46 bits per heavy atom. The van der Waals surface area contributed by atoms with E-state index in [0.29, 0.717) is 5.69 Å². The van der Waals surface area contributed by atoms with Crippen LogP contribution in [0.1, 0.15) is 0 Å². The Hall–Kier alpha value is -1.98. The highest BCUT2D eigenvalue weighted by Gasteiger charge is 2.11. The van der Waals surface area contributed by atoms with Crippen LogP contribution in [-0.2, 0) is 0 Å². The summed E-state index contributed by atoms with van der Waals surface area (Å²) in [6.07, 6.45) is -0.815. The molecule has 5 nitrogen and oxygen atoms in total. The monoisotopic (exact) mass is 181 g/mol. The second-order valence-electron chi connectivity index (χ2n) is 2.31. The average Bonchev–Trinajstić information content (AvgIpc) is 2.52. The Morgan fingerprint density at radius 3 is 2.92 bits per heavy atom. The zero-order chi connectivity index (χ0) is 9.26. The summed E-state index contributed by atoms with van der Waals surface area (Å²) in [5, 5.41) is 17.1. The lowest BCUT2D eigenvalue weighted by molar-refractivity contribution is -0.726. The standard InChI is InChI=1S/C7H4FN3O2/c8-5-2-1-3-6(4-5)11-9-7(12)13-10-11/h1-4H. The molecule has 1 aromatic heterocycles. The van der Waals surface area contributed by atoms with Crippen LogP contribution in [0.2, 0.25) is 0 Å². The Bertz CT molecular complexity index is 429. The summed E-state index contributed by atoms with van der Waals surface area (Å²) in [5.41, 5.74) is 0.339. The number of halogens is 1. The molecular formula is C7H4FN3O2. The molecule has 0 radical (unpaired) electrons. The molecular weight excluding hydrogens is 177 g/mol. The molecule has 0 aliphatic heterocycles. The van der Waals surface area contributed by atoms with E-state index >= 15 is 0 Å². The fraction of sp³-hybridized carbons (Fsp3) is 0. The van der Waals surface area contributed by atoms with Crippen molar-refractivity contribution in [2.45, 2.75) is 0 Å². The van der Waals surface area contributed by atoms with Crippen LogP contribution < -0.4 is 9.90 Å². The third-order valence-corrected chi connectivity index (χ3v) is 1.41. The maximum atomic E-state index is 12.7. The molecule has 0 saturated heterocycles. The zero-order valence-electron chi connectivity index (χ0n) is 6.35. The number of aromatic nitrogens is 3. The van der Waals surface area contributed by atoms with E-state index in [9.17, 15) is 9.50 Å². The molecule has 0 atom stereocenters. The van der Waals surface area contributed by atoms with Crippen molar-refractivity contribution in [1.82, 2.24) is 10.4 Å². The van der Waals surface area contributed by atoms with Gasteiger partial charge in [0.2, 0.25) is 6.08 Å². The van der Waals surface area contributed by atoms with Gasteiger partial charge in [-0.1, -0.05) is 6.07 Å². The second-order valence-corrected chi connectivity index (χ2v) is 2.31. The molecule has 0 spiro atoms. The summed E-state index contributed by atoms with van der Waals surface area (Å²) in [6.45, 7) is 0. The third-order valence-electron chi connectivity index (χ3n) is 1.41. The van der Waals surface area contributed by atoms with E-state index in [0.717, 1.165) is 4.80 Å². The minimum Gasteiger partial charge on any atom is -0.523 e. The van der Waals surface area contributed by atoms with Gasteiger partial charge in [-0.15, -0.1) is 0 Å². The smallest absolute Gasteiger partial charge is 0.272 e. The molecule has 0 bridgehead atoms. The summed E-state index contributed by atoms with van der Waals surface area (Å²) in [7, 11) is 0. The molecule has 13 heavy (non-hydrogen) atoms. The van der Waals surface area contributed by atoms with Gasteiger partial charge in [0.15, 0.2) is 0 Å². The van der Waals surface area contributed by atoms with E-state index in [1.165, 1.54) is 18.2 Å². The molecule has 0 saturated carbocycles. The first-order valence-electron chi connectivity index (χ1n) is 3.45. The lowest BCUT2D eigenvalue weighted by atomic mass is 10.3. The van der Waals surface area contributed by atoms with Crippen molar-refractivity contribution in [2.24, 2.45) is 0 Å². The number of benzene rings is 1. The Balaban J connectivity index is 2.46. The number of nitrogens with zero attached hydrogens (tertiary/aromatic N) is 3. The van der Waals surface area contributed by atoms with Crippen molar-refractivity contribution >= 4 is 0 Å². The van der Waals surface area contributed by atoms with Crippen LogP contribution in [0.4, 0.5) is 4.39 Å². The van der Waals surface area contributed by atoms with Gasteiger partial charge in [0, 0.05) is 6.07 Å². The van der Waals surface area contributed by atoms with Crippen molar-refractivity contribution < 1.29 is 18.8 Å². The minimum atomic E-state index is -0.815. The topological polar surface area (TPSA) is 65.9 Å². The summed E-state index contributed by atoms with van der Waals surface area (Å²) >= 11 is 0. The lowest BCUT2D eigenvalue weighted by Crippen LogP contribution is -2.35. The van der Waals surface area contributed by atoms with Gasteiger partial charge in [-0.05, 0) is 6.07 Å². The molecule has 6 heteroatoms. The molecule has 66 valence electrons. The van der Waals surface area contributed by atoms with Crippen LogP contribution in [0.25, 0.3) is 5.69 Å². The Kier molecular flexibility index (Phi) is 1.66. The Labute approximate surface area is 72.0 Å². The molecule has 0 amide bonds. The normalized spacial score (nSPS) is 10.2. The van der Waals surface area contributed by atoms with E-state index in [-0.39, 0.29) is 0 Å². The highest BCUT2D eigenvalue weighted by atomic mass is 19.1. The van der Waals surface area contributed by atoms with Crippen molar-refractivity contribution in [3.8, 4) is 11.8 Å². The molecule has 0 aliphatic carbocycles. The summed E-state index contributed by atoms with van der Waals surface area (Å²) in [4.78, 5) is 0.922. The number of hydrogen-bond acceptors (Lipinski definition) is 4. The molecule has 2 rings (SSSR count). The van der Waals surface area contributed by atoms with Crippen molar-refractivity contribution in [3.05, 3.63) is 30.1 Å². The molecule has 1 heterocycles. The van der Waals surface area contributed by atoms with Crippen LogP contribution in [0.5, 0.6) is 6.08 Å². The number of hydrogen-bond donors (Lipinski definition) is 0. The SMILES string of the molecule is [O-]c1n[n+](-c2cccc(F)c2)no1. The highest BCUT2D eigenvalue weighted by molar-refractivity contribution is 5.21. The van der Waals surface area contributed by atoms with Gasteiger partial charge in [-0.25, -0.2) is 4.39 Å². The van der Waals surface area contributed by atoms with Gasteiger partial charge < -0.3 is 9.63 Å². The molecule has 0 N–H and O–H groups in total. The van der Waals surface area contributed by atoms with E-state index in [1.807, 2.05) is 0 Å². The van der Waals surface area contributed by atoms with Crippen LogP contribution in [0.15, 0.2) is 28.8 Å². The van der Waals surface area contributed by atoms with E-state index in [1.54, 1.807) is 6.07 Å². The minimum absolute atomic E-state index is 0.339. The van der Waals surface area contributed by atoms with E-state index in [2.05, 4.69) is 14.9 Å². The maximum Gasteiger partial charge on any atom is 0.272 e. The van der Waals surface area contributed by atoms with Crippen molar-refractivity contribution in [1.29, 1.82) is 0 Å². The molecule has 0 unspecified atom stereocenters. The van der Waals surface area contributed by atoms with Gasteiger partial charge in [0.25, 0.3) is 5.69 Å². The first-order valence-corrected chi connectivity index (χ1v) is 3.45. The predicted octanol–water partition coefficient (Wildman–Crippen LogP) is -0.441. The first-order chi connectivity index (χ1) is 6.25. The van der Waals surface area contributed by atoms with E-state index < -0.39 is 11.9 Å². The van der Waals surface area contributed by atoms with Crippen LogP contribution in [0.3, 0.4) is 0 Å². The van der Waals surface area contributed by atoms with Crippen LogP contribution in [-0.4, -0.2) is 10.4 Å². The van der Waals surface area contributed by atoms with Gasteiger partial charge in [-0.2, -0.15) is 0 Å². The van der Waals surface area contributed by atoms with Gasteiger partial charge in [0.1, 0.15) is 11.1 Å². The fourth-order valence-electron chi connectivity index (χ4n) is 0.893. The number of rotatable bonds is 1. The van der Waals surface area contributed by atoms with Crippen molar-refractivity contribution in [3.63, 3.8) is 0 Å². The zero-order valence-corrected chi connectivity index (χ0v) is 6.35. The molecule has 1 aromatic carbocycles. The van der Waals surface area contributed by atoms with Crippen molar-refractivity contribution in [2.75, 3.05) is 0 Å².